The number of hydrogen-bond donors (Lipinski definition) is 1. The maximum absolute atomic E-state index is 13.0. The second kappa shape index (κ2) is 9.93. The minimum atomic E-state index is -0.659. The molecule has 33 heavy (non-hydrogen) atoms. The SMILES string of the molecule is Cc1ccc(N2C(=O)N(CC(=O)NC[C@H](c3ccccc3Cl)N3CCCC3)C(=O)[C@@H]2C)cc1. The lowest BCUT2D eigenvalue weighted by Crippen LogP contribution is -2.44. The summed E-state index contributed by atoms with van der Waals surface area (Å²) < 4.78 is 0. The average molecular weight is 469 g/mol. The summed E-state index contributed by atoms with van der Waals surface area (Å²) >= 11 is 6.45. The zero-order valence-electron chi connectivity index (χ0n) is 19.0. The van der Waals surface area contributed by atoms with E-state index in [4.69, 9.17) is 11.6 Å². The standard InChI is InChI=1S/C25H29ClN4O3/c1-17-9-11-19(12-10-17)30-18(2)24(32)29(25(30)33)16-23(31)27-15-22(28-13-5-6-14-28)20-7-3-4-8-21(20)26/h3-4,7-12,18,22H,5-6,13-16H2,1-2H3,(H,27,31)/t18-,22+/m0/s1. The lowest BCUT2D eigenvalue weighted by Gasteiger charge is -2.29. The molecule has 2 aliphatic heterocycles. The third-order valence-electron chi connectivity index (χ3n) is 6.40. The molecule has 174 valence electrons. The monoisotopic (exact) mass is 468 g/mol. The number of carbonyl (C=O) groups is 3. The van der Waals surface area contributed by atoms with Crippen LogP contribution in [0.4, 0.5) is 10.5 Å². The van der Waals surface area contributed by atoms with E-state index < -0.39 is 12.1 Å². The first kappa shape index (κ1) is 23.3. The number of nitrogens with one attached hydrogen (secondary N) is 1. The van der Waals surface area contributed by atoms with Gasteiger partial charge in [-0.15, -0.1) is 0 Å². The van der Waals surface area contributed by atoms with Crippen molar-refractivity contribution in [1.82, 2.24) is 15.1 Å². The lowest BCUT2D eigenvalue weighted by molar-refractivity contribution is -0.132. The number of likely N-dealkylation sites (tertiary alicyclic amines) is 1. The summed E-state index contributed by atoms with van der Waals surface area (Å²) in [4.78, 5) is 43.3. The number of anilines is 1. The summed E-state index contributed by atoms with van der Waals surface area (Å²) in [5, 5.41) is 3.59. The van der Waals surface area contributed by atoms with Crippen molar-refractivity contribution in [3.63, 3.8) is 0 Å². The highest BCUT2D eigenvalue weighted by atomic mass is 35.5. The maximum atomic E-state index is 13.0. The molecule has 0 unspecified atom stereocenters. The van der Waals surface area contributed by atoms with Crippen LogP contribution in [0.2, 0.25) is 5.02 Å². The molecule has 0 aromatic heterocycles. The van der Waals surface area contributed by atoms with E-state index in [1.807, 2.05) is 55.5 Å². The fourth-order valence-corrected chi connectivity index (χ4v) is 4.82. The fourth-order valence-electron chi connectivity index (χ4n) is 4.56. The van der Waals surface area contributed by atoms with E-state index in [0.29, 0.717) is 17.3 Å². The Labute approximate surface area is 199 Å². The van der Waals surface area contributed by atoms with Crippen LogP contribution in [0.5, 0.6) is 0 Å². The highest BCUT2D eigenvalue weighted by molar-refractivity contribution is 6.31. The van der Waals surface area contributed by atoms with Gasteiger partial charge in [0.2, 0.25) is 5.91 Å². The van der Waals surface area contributed by atoms with Crippen LogP contribution < -0.4 is 10.2 Å². The third kappa shape index (κ3) is 4.89. The van der Waals surface area contributed by atoms with E-state index >= 15 is 0 Å². The second-order valence-electron chi connectivity index (χ2n) is 8.67. The summed E-state index contributed by atoms with van der Waals surface area (Å²) in [6, 6.07) is 13.9. The van der Waals surface area contributed by atoms with Crippen LogP contribution in [-0.2, 0) is 9.59 Å². The molecule has 0 bridgehead atoms. The Morgan fingerprint density at radius 1 is 1.09 bits per heavy atom. The Bertz CT molecular complexity index is 1040. The van der Waals surface area contributed by atoms with Gasteiger partial charge in [-0.05, 0) is 63.5 Å². The van der Waals surface area contributed by atoms with Crippen LogP contribution in [0.25, 0.3) is 0 Å². The highest BCUT2D eigenvalue weighted by Gasteiger charge is 2.44. The molecule has 0 aliphatic carbocycles. The molecule has 2 fully saturated rings. The number of nitrogens with zero attached hydrogens (tertiary/aromatic N) is 3. The predicted molar refractivity (Wildman–Crippen MR) is 128 cm³/mol. The highest BCUT2D eigenvalue weighted by Crippen LogP contribution is 2.30. The molecule has 2 atom stereocenters. The number of carbonyl (C=O) groups excluding carboxylic acids is 3. The summed E-state index contributed by atoms with van der Waals surface area (Å²) in [6.07, 6.45) is 2.22. The number of halogens is 1. The quantitative estimate of drug-likeness (QED) is 0.628. The molecule has 2 aromatic rings. The molecule has 7 nitrogen and oxygen atoms in total. The van der Waals surface area contributed by atoms with E-state index in [2.05, 4.69) is 10.2 Å². The summed E-state index contributed by atoms with van der Waals surface area (Å²) in [5.74, 6) is -0.746. The molecule has 0 saturated carbocycles. The molecule has 4 rings (SSSR count). The number of aryl methyl sites for hydroxylation is 1. The summed E-state index contributed by atoms with van der Waals surface area (Å²) in [5.41, 5.74) is 2.67. The van der Waals surface area contributed by atoms with Gasteiger partial charge < -0.3 is 5.32 Å². The molecule has 2 saturated heterocycles. The van der Waals surface area contributed by atoms with E-state index in [0.717, 1.165) is 42.0 Å². The van der Waals surface area contributed by atoms with E-state index in [1.54, 1.807) is 6.92 Å². The molecule has 4 amide bonds. The lowest BCUT2D eigenvalue weighted by atomic mass is 10.1. The van der Waals surface area contributed by atoms with Gasteiger partial charge in [-0.3, -0.25) is 24.3 Å². The number of hydrogen-bond acceptors (Lipinski definition) is 4. The van der Waals surface area contributed by atoms with Crippen molar-refractivity contribution in [3.05, 3.63) is 64.7 Å². The van der Waals surface area contributed by atoms with Gasteiger partial charge in [0, 0.05) is 17.3 Å². The minimum absolute atomic E-state index is 0.0573. The van der Waals surface area contributed by atoms with Gasteiger partial charge in [0.15, 0.2) is 0 Å². The number of imide groups is 1. The van der Waals surface area contributed by atoms with E-state index in [-0.39, 0.29) is 24.4 Å². The van der Waals surface area contributed by atoms with Crippen LogP contribution in [0, 0.1) is 6.92 Å². The van der Waals surface area contributed by atoms with Crippen molar-refractivity contribution >= 4 is 35.1 Å². The molecule has 8 heteroatoms. The molecular formula is C25H29ClN4O3. The van der Waals surface area contributed by atoms with Crippen LogP contribution in [0.3, 0.4) is 0 Å². The molecule has 1 N–H and O–H groups in total. The van der Waals surface area contributed by atoms with Crippen molar-refractivity contribution in [2.75, 3.05) is 31.1 Å². The first-order valence-electron chi connectivity index (χ1n) is 11.3. The average Bonchev–Trinajstić information content (AvgIpc) is 3.40. The normalized spacial score (nSPS) is 19.9. The van der Waals surface area contributed by atoms with Crippen molar-refractivity contribution in [2.24, 2.45) is 0 Å². The Morgan fingerprint density at radius 2 is 1.76 bits per heavy atom. The predicted octanol–water partition coefficient (Wildman–Crippen LogP) is 3.76. The van der Waals surface area contributed by atoms with E-state index in [1.165, 1.54) is 4.90 Å². The Morgan fingerprint density at radius 3 is 2.42 bits per heavy atom. The van der Waals surface area contributed by atoms with Crippen molar-refractivity contribution in [2.45, 2.75) is 38.8 Å². The zero-order chi connectivity index (χ0) is 23.5. The first-order valence-corrected chi connectivity index (χ1v) is 11.7. The number of benzene rings is 2. The minimum Gasteiger partial charge on any atom is -0.353 e. The molecule has 0 radical (unpaired) electrons. The van der Waals surface area contributed by atoms with Crippen molar-refractivity contribution in [3.8, 4) is 0 Å². The molecule has 0 spiro atoms. The largest absolute Gasteiger partial charge is 0.353 e. The number of urea groups is 1. The Kier molecular flexibility index (Phi) is 7.00. The maximum Gasteiger partial charge on any atom is 0.332 e. The first-order chi connectivity index (χ1) is 15.9. The van der Waals surface area contributed by atoms with E-state index in [9.17, 15) is 14.4 Å². The zero-order valence-corrected chi connectivity index (χ0v) is 19.7. The second-order valence-corrected chi connectivity index (χ2v) is 9.08. The van der Waals surface area contributed by atoms with Gasteiger partial charge in [0.05, 0.1) is 6.04 Å². The summed E-state index contributed by atoms with van der Waals surface area (Å²) in [7, 11) is 0. The van der Waals surface area contributed by atoms with Crippen LogP contribution in [0.1, 0.15) is 36.9 Å². The molecular weight excluding hydrogens is 440 g/mol. The number of amides is 4. The van der Waals surface area contributed by atoms with Crippen LogP contribution in [0.15, 0.2) is 48.5 Å². The smallest absolute Gasteiger partial charge is 0.332 e. The van der Waals surface area contributed by atoms with Gasteiger partial charge >= 0.3 is 6.03 Å². The molecule has 2 aromatic carbocycles. The summed E-state index contributed by atoms with van der Waals surface area (Å²) in [6.45, 7) is 5.57. The topological polar surface area (TPSA) is 73.0 Å². The van der Waals surface area contributed by atoms with Gasteiger partial charge in [-0.1, -0.05) is 47.5 Å². The number of rotatable bonds is 7. The Hall–Kier alpha value is -2.90. The van der Waals surface area contributed by atoms with Gasteiger partial charge in [-0.25, -0.2) is 4.79 Å². The van der Waals surface area contributed by atoms with Crippen molar-refractivity contribution < 1.29 is 14.4 Å². The van der Waals surface area contributed by atoms with Crippen LogP contribution in [-0.4, -0.2) is 59.9 Å². The fraction of sp³-hybridized carbons (Fsp3) is 0.400. The van der Waals surface area contributed by atoms with Crippen LogP contribution >= 0.6 is 11.6 Å². The molecule has 2 aliphatic rings. The van der Waals surface area contributed by atoms with Crippen molar-refractivity contribution in [1.29, 1.82) is 0 Å². The Balaban J connectivity index is 1.43. The molecule has 2 heterocycles. The van der Waals surface area contributed by atoms with Gasteiger partial charge in [-0.2, -0.15) is 0 Å². The van der Waals surface area contributed by atoms with Gasteiger partial charge in [0.25, 0.3) is 5.91 Å². The van der Waals surface area contributed by atoms with Gasteiger partial charge in [0.1, 0.15) is 12.6 Å². The third-order valence-corrected chi connectivity index (χ3v) is 6.74.